The third kappa shape index (κ3) is 3.40. The smallest absolute Gasteiger partial charge is 0.254 e. The van der Waals surface area contributed by atoms with Crippen LogP contribution in [0.1, 0.15) is 27.9 Å². The van der Waals surface area contributed by atoms with Crippen molar-refractivity contribution in [3.8, 4) is 5.88 Å². The van der Waals surface area contributed by atoms with Gasteiger partial charge in [0.1, 0.15) is 6.10 Å². The number of likely N-dealkylation sites (tertiary alicyclic amines) is 1. The molecule has 132 valence electrons. The molecule has 2 aromatic carbocycles. The number of fused-ring (bicyclic) bond motifs is 1. The van der Waals surface area contributed by atoms with Gasteiger partial charge in [0.15, 0.2) is 0 Å². The molecule has 1 saturated heterocycles. The second-order valence-corrected chi connectivity index (χ2v) is 7.00. The number of aromatic nitrogens is 1. The van der Waals surface area contributed by atoms with Gasteiger partial charge in [-0.2, -0.15) is 0 Å². The average Bonchev–Trinajstić information content (AvgIpc) is 3.08. The summed E-state index contributed by atoms with van der Waals surface area (Å²) in [5.41, 5.74) is 3.90. The number of aryl methyl sites for hydroxylation is 2. The van der Waals surface area contributed by atoms with Crippen LogP contribution >= 0.6 is 0 Å². The topological polar surface area (TPSA) is 42.4 Å². The molecule has 0 spiro atoms. The number of hydrogen-bond acceptors (Lipinski definition) is 3. The largest absolute Gasteiger partial charge is 0.472 e. The first-order valence-corrected chi connectivity index (χ1v) is 8.98. The van der Waals surface area contributed by atoms with Gasteiger partial charge in [0, 0.05) is 30.0 Å². The predicted octanol–water partition coefficient (Wildman–Crippen LogP) is 4.15. The Kier molecular flexibility index (Phi) is 4.33. The molecule has 0 bridgehead atoms. The van der Waals surface area contributed by atoms with Gasteiger partial charge in [-0.1, -0.05) is 35.4 Å². The molecule has 0 saturated carbocycles. The standard InChI is InChI=1S/C22H22N2O2/c1-15-11-16(2)13-18(12-15)22(25)24-10-9-19(14-24)26-21-8-7-17-5-3-4-6-20(17)23-21/h3-8,11-13,19H,9-10,14H2,1-2H3. The lowest BCUT2D eigenvalue weighted by Gasteiger charge is -2.18. The quantitative estimate of drug-likeness (QED) is 0.716. The molecule has 0 radical (unpaired) electrons. The molecule has 1 unspecified atom stereocenters. The minimum Gasteiger partial charge on any atom is -0.472 e. The van der Waals surface area contributed by atoms with Gasteiger partial charge in [-0.05, 0) is 38.1 Å². The molecule has 0 N–H and O–H groups in total. The van der Waals surface area contributed by atoms with E-state index in [1.54, 1.807) is 0 Å². The summed E-state index contributed by atoms with van der Waals surface area (Å²) in [5.74, 6) is 0.698. The zero-order valence-electron chi connectivity index (χ0n) is 15.1. The third-order valence-corrected chi connectivity index (χ3v) is 4.76. The highest BCUT2D eigenvalue weighted by Crippen LogP contribution is 2.22. The summed E-state index contributed by atoms with van der Waals surface area (Å²) in [5, 5.41) is 1.10. The number of pyridine rings is 1. The van der Waals surface area contributed by atoms with Gasteiger partial charge in [0.2, 0.25) is 5.88 Å². The van der Waals surface area contributed by atoms with Gasteiger partial charge < -0.3 is 9.64 Å². The van der Waals surface area contributed by atoms with E-state index in [4.69, 9.17) is 4.74 Å². The van der Waals surface area contributed by atoms with Crippen molar-refractivity contribution < 1.29 is 9.53 Å². The van der Waals surface area contributed by atoms with Gasteiger partial charge >= 0.3 is 0 Å². The normalized spacial score (nSPS) is 16.8. The zero-order valence-corrected chi connectivity index (χ0v) is 15.1. The summed E-state index contributed by atoms with van der Waals surface area (Å²) < 4.78 is 6.04. The van der Waals surface area contributed by atoms with E-state index < -0.39 is 0 Å². The minimum atomic E-state index is -0.0153. The molecule has 4 rings (SSSR count). The van der Waals surface area contributed by atoms with E-state index in [0.717, 1.165) is 34.0 Å². The van der Waals surface area contributed by atoms with E-state index in [-0.39, 0.29) is 12.0 Å². The van der Waals surface area contributed by atoms with Crippen LogP contribution in [0.25, 0.3) is 10.9 Å². The zero-order chi connectivity index (χ0) is 18.1. The van der Waals surface area contributed by atoms with Gasteiger partial charge in [-0.25, -0.2) is 4.98 Å². The SMILES string of the molecule is Cc1cc(C)cc(C(=O)N2CCC(Oc3ccc4ccccc4n3)C2)c1. The fourth-order valence-corrected chi connectivity index (χ4v) is 3.57. The molecule has 1 aromatic heterocycles. The van der Waals surface area contributed by atoms with Crippen LogP contribution in [0.2, 0.25) is 0 Å². The lowest BCUT2D eigenvalue weighted by Crippen LogP contribution is -2.31. The minimum absolute atomic E-state index is 0.0153. The Bertz CT molecular complexity index is 947. The second kappa shape index (κ2) is 6.79. The van der Waals surface area contributed by atoms with E-state index in [1.807, 2.05) is 67.3 Å². The van der Waals surface area contributed by atoms with Crippen LogP contribution in [0.3, 0.4) is 0 Å². The van der Waals surface area contributed by atoms with Crippen LogP contribution in [0.4, 0.5) is 0 Å². The van der Waals surface area contributed by atoms with Crippen LogP contribution in [0.15, 0.2) is 54.6 Å². The Morgan fingerprint density at radius 3 is 2.65 bits per heavy atom. The Morgan fingerprint density at radius 1 is 1.08 bits per heavy atom. The number of carbonyl (C=O) groups is 1. The Hall–Kier alpha value is -2.88. The van der Waals surface area contributed by atoms with Gasteiger partial charge in [0.25, 0.3) is 5.91 Å². The van der Waals surface area contributed by atoms with E-state index in [0.29, 0.717) is 19.0 Å². The van der Waals surface area contributed by atoms with Crippen molar-refractivity contribution in [2.75, 3.05) is 13.1 Å². The van der Waals surface area contributed by atoms with E-state index in [2.05, 4.69) is 11.1 Å². The van der Waals surface area contributed by atoms with Crippen molar-refractivity contribution >= 4 is 16.8 Å². The fourth-order valence-electron chi connectivity index (χ4n) is 3.57. The molecular weight excluding hydrogens is 324 g/mol. The van der Waals surface area contributed by atoms with E-state index >= 15 is 0 Å². The summed E-state index contributed by atoms with van der Waals surface area (Å²) in [6.07, 6.45) is 0.809. The molecule has 3 aromatic rings. The first kappa shape index (κ1) is 16.6. The molecule has 2 heterocycles. The van der Waals surface area contributed by atoms with Crippen molar-refractivity contribution in [2.24, 2.45) is 0 Å². The molecule has 1 aliphatic rings. The highest BCUT2D eigenvalue weighted by atomic mass is 16.5. The van der Waals surface area contributed by atoms with Crippen LogP contribution in [-0.2, 0) is 0 Å². The summed E-state index contributed by atoms with van der Waals surface area (Å²) >= 11 is 0. The molecular formula is C22H22N2O2. The number of benzene rings is 2. The molecule has 4 nitrogen and oxygen atoms in total. The molecule has 1 atom stereocenters. The summed E-state index contributed by atoms with van der Waals surface area (Å²) in [6.45, 7) is 5.35. The average molecular weight is 346 g/mol. The van der Waals surface area contributed by atoms with Gasteiger partial charge in [0.05, 0.1) is 12.1 Å². The molecule has 1 fully saturated rings. The summed E-state index contributed by atoms with van der Waals surface area (Å²) in [7, 11) is 0. The Morgan fingerprint density at radius 2 is 1.85 bits per heavy atom. The van der Waals surface area contributed by atoms with Crippen molar-refractivity contribution in [3.05, 3.63) is 71.3 Å². The van der Waals surface area contributed by atoms with Gasteiger partial charge in [-0.3, -0.25) is 4.79 Å². The van der Waals surface area contributed by atoms with Crippen LogP contribution in [0.5, 0.6) is 5.88 Å². The molecule has 26 heavy (non-hydrogen) atoms. The summed E-state index contributed by atoms with van der Waals surface area (Å²) in [6, 6.07) is 17.9. The number of para-hydroxylation sites is 1. The number of rotatable bonds is 3. The Balaban J connectivity index is 1.45. The number of carbonyl (C=O) groups excluding carboxylic acids is 1. The second-order valence-electron chi connectivity index (χ2n) is 7.00. The monoisotopic (exact) mass is 346 g/mol. The molecule has 0 aliphatic carbocycles. The van der Waals surface area contributed by atoms with Gasteiger partial charge in [-0.15, -0.1) is 0 Å². The molecule has 1 amide bonds. The maximum atomic E-state index is 12.8. The molecule has 1 aliphatic heterocycles. The maximum absolute atomic E-state index is 12.8. The highest BCUT2D eigenvalue weighted by Gasteiger charge is 2.28. The first-order chi connectivity index (χ1) is 12.6. The first-order valence-electron chi connectivity index (χ1n) is 8.98. The van der Waals surface area contributed by atoms with E-state index in [1.165, 1.54) is 0 Å². The van der Waals surface area contributed by atoms with E-state index in [9.17, 15) is 4.79 Å². The van der Waals surface area contributed by atoms with Crippen LogP contribution in [-0.4, -0.2) is 35.0 Å². The Labute approximate surface area is 153 Å². The number of nitrogens with zero attached hydrogens (tertiary/aromatic N) is 2. The lowest BCUT2D eigenvalue weighted by molar-refractivity contribution is 0.0771. The van der Waals surface area contributed by atoms with Crippen molar-refractivity contribution in [3.63, 3.8) is 0 Å². The maximum Gasteiger partial charge on any atom is 0.254 e. The number of ether oxygens (including phenoxy) is 1. The fraction of sp³-hybridized carbons (Fsp3) is 0.273. The highest BCUT2D eigenvalue weighted by molar-refractivity contribution is 5.94. The molecule has 4 heteroatoms. The van der Waals surface area contributed by atoms with Crippen LogP contribution < -0.4 is 4.74 Å². The predicted molar refractivity (Wildman–Crippen MR) is 103 cm³/mol. The third-order valence-electron chi connectivity index (χ3n) is 4.76. The van der Waals surface area contributed by atoms with Crippen LogP contribution in [0, 0.1) is 13.8 Å². The van der Waals surface area contributed by atoms with Crippen molar-refractivity contribution in [2.45, 2.75) is 26.4 Å². The lowest BCUT2D eigenvalue weighted by atomic mass is 10.1. The van der Waals surface area contributed by atoms with Crippen molar-refractivity contribution in [1.82, 2.24) is 9.88 Å². The number of hydrogen-bond donors (Lipinski definition) is 0. The number of amides is 1. The summed E-state index contributed by atoms with van der Waals surface area (Å²) in [4.78, 5) is 19.2. The van der Waals surface area contributed by atoms with Crippen molar-refractivity contribution in [1.29, 1.82) is 0 Å².